The monoisotopic (exact) mass is 255 g/mol. The Morgan fingerprint density at radius 2 is 1.95 bits per heavy atom. The lowest BCUT2D eigenvalue weighted by Gasteiger charge is -2.26. The predicted octanol–water partition coefficient (Wildman–Crippen LogP) is 2.65. The third kappa shape index (κ3) is 3.63. The summed E-state index contributed by atoms with van der Waals surface area (Å²) in [5, 5.41) is 0. The normalized spacial score (nSPS) is 14.0. The van der Waals surface area contributed by atoms with Crippen LogP contribution in [0, 0.1) is 0 Å². The van der Waals surface area contributed by atoms with E-state index in [1.807, 2.05) is 18.3 Å². The molecule has 0 saturated carbocycles. The Balaban J connectivity index is 2.15. The summed E-state index contributed by atoms with van der Waals surface area (Å²) >= 11 is 0. The van der Waals surface area contributed by atoms with Crippen molar-refractivity contribution in [1.29, 1.82) is 0 Å². The summed E-state index contributed by atoms with van der Waals surface area (Å²) in [6.07, 6.45) is 5.64. The minimum absolute atomic E-state index is 0.219. The molecule has 100 valence electrons. The molecule has 0 spiro atoms. The van der Waals surface area contributed by atoms with Crippen molar-refractivity contribution in [2.24, 2.45) is 5.84 Å². The molecule has 3 nitrogen and oxygen atoms in total. The Morgan fingerprint density at radius 1 is 1.16 bits per heavy atom. The second kappa shape index (κ2) is 7.02. The highest BCUT2D eigenvalue weighted by molar-refractivity contribution is 5.22. The number of hydrogen-bond acceptors (Lipinski definition) is 3. The second-order valence-electron chi connectivity index (χ2n) is 4.76. The standard InChI is InChI=1S/C16H21N3/c1-2-15(14-8-4-3-5-9-14)16(19-17)11-13-7-6-10-18-12-13/h3-10,12,15-16,19H,2,11,17H2,1H3. The Labute approximate surface area is 114 Å². The number of pyridine rings is 1. The molecule has 0 aliphatic heterocycles. The van der Waals surface area contributed by atoms with Crippen molar-refractivity contribution in [1.82, 2.24) is 10.4 Å². The number of hydrogen-bond donors (Lipinski definition) is 2. The lowest BCUT2D eigenvalue weighted by molar-refractivity contribution is 0.427. The van der Waals surface area contributed by atoms with Gasteiger partial charge in [-0.3, -0.25) is 16.3 Å². The molecule has 1 aromatic carbocycles. The van der Waals surface area contributed by atoms with Crippen molar-refractivity contribution in [2.75, 3.05) is 0 Å². The van der Waals surface area contributed by atoms with Gasteiger partial charge in [0.05, 0.1) is 0 Å². The average molecular weight is 255 g/mol. The van der Waals surface area contributed by atoms with E-state index in [1.165, 1.54) is 11.1 Å². The molecular formula is C16H21N3. The fraction of sp³-hybridized carbons (Fsp3) is 0.312. The number of hydrazine groups is 1. The third-order valence-corrected chi connectivity index (χ3v) is 3.55. The lowest BCUT2D eigenvalue weighted by atomic mass is 9.86. The molecule has 2 unspecified atom stereocenters. The van der Waals surface area contributed by atoms with Gasteiger partial charge >= 0.3 is 0 Å². The molecule has 1 aromatic heterocycles. The molecule has 2 aromatic rings. The average Bonchev–Trinajstić information content (AvgIpc) is 2.49. The van der Waals surface area contributed by atoms with Crippen molar-refractivity contribution >= 4 is 0 Å². The molecule has 2 atom stereocenters. The van der Waals surface area contributed by atoms with Gasteiger partial charge in [-0.15, -0.1) is 0 Å². The van der Waals surface area contributed by atoms with E-state index in [2.05, 4.69) is 47.7 Å². The minimum atomic E-state index is 0.219. The summed E-state index contributed by atoms with van der Waals surface area (Å²) in [7, 11) is 0. The zero-order chi connectivity index (χ0) is 13.5. The molecular weight excluding hydrogens is 234 g/mol. The van der Waals surface area contributed by atoms with Crippen molar-refractivity contribution in [3.05, 3.63) is 66.0 Å². The number of nitrogens with zero attached hydrogens (tertiary/aromatic N) is 1. The van der Waals surface area contributed by atoms with E-state index in [1.54, 1.807) is 6.20 Å². The smallest absolute Gasteiger partial charge is 0.0319 e. The maximum atomic E-state index is 5.76. The van der Waals surface area contributed by atoms with Gasteiger partial charge in [0.2, 0.25) is 0 Å². The molecule has 0 radical (unpaired) electrons. The summed E-state index contributed by atoms with van der Waals surface area (Å²) in [4.78, 5) is 4.16. The van der Waals surface area contributed by atoms with Gasteiger partial charge in [-0.05, 0) is 30.0 Å². The van der Waals surface area contributed by atoms with Gasteiger partial charge in [-0.2, -0.15) is 0 Å². The quantitative estimate of drug-likeness (QED) is 0.616. The molecule has 0 saturated heterocycles. The van der Waals surface area contributed by atoms with Gasteiger partial charge in [-0.1, -0.05) is 43.3 Å². The van der Waals surface area contributed by atoms with Crippen LogP contribution in [0.25, 0.3) is 0 Å². The number of nitrogens with two attached hydrogens (primary N) is 1. The molecule has 0 amide bonds. The predicted molar refractivity (Wildman–Crippen MR) is 78.5 cm³/mol. The van der Waals surface area contributed by atoms with E-state index in [9.17, 15) is 0 Å². The fourth-order valence-corrected chi connectivity index (χ4v) is 2.54. The first-order valence-corrected chi connectivity index (χ1v) is 6.75. The summed E-state index contributed by atoms with van der Waals surface area (Å²) in [5.74, 6) is 6.17. The Morgan fingerprint density at radius 3 is 2.53 bits per heavy atom. The van der Waals surface area contributed by atoms with Crippen LogP contribution in [0.15, 0.2) is 54.9 Å². The highest BCUT2D eigenvalue weighted by Gasteiger charge is 2.20. The van der Waals surface area contributed by atoms with Crippen molar-refractivity contribution in [3.63, 3.8) is 0 Å². The Hall–Kier alpha value is -1.71. The highest BCUT2D eigenvalue weighted by Crippen LogP contribution is 2.25. The first kappa shape index (κ1) is 13.7. The van der Waals surface area contributed by atoms with Gasteiger partial charge in [0.25, 0.3) is 0 Å². The van der Waals surface area contributed by atoms with Gasteiger partial charge in [0.1, 0.15) is 0 Å². The van der Waals surface area contributed by atoms with Gasteiger partial charge in [0.15, 0.2) is 0 Å². The number of benzene rings is 1. The van der Waals surface area contributed by atoms with Crippen LogP contribution in [0.5, 0.6) is 0 Å². The molecule has 2 rings (SSSR count). The lowest BCUT2D eigenvalue weighted by Crippen LogP contribution is -2.41. The molecule has 0 fully saturated rings. The number of rotatable bonds is 6. The molecule has 0 aliphatic carbocycles. The molecule has 0 aliphatic rings. The summed E-state index contributed by atoms with van der Waals surface area (Å²) in [6, 6.07) is 14.8. The number of aromatic nitrogens is 1. The molecule has 19 heavy (non-hydrogen) atoms. The second-order valence-corrected chi connectivity index (χ2v) is 4.76. The first-order chi connectivity index (χ1) is 9.35. The number of nitrogens with one attached hydrogen (secondary N) is 1. The maximum Gasteiger partial charge on any atom is 0.0319 e. The SMILES string of the molecule is CCC(c1ccccc1)C(Cc1cccnc1)NN. The topological polar surface area (TPSA) is 50.9 Å². The summed E-state index contributed by atoms with van der Waals surface area (Å²) in [6.45, 7) is 2.20. The van der Waals surface area contributed by atoms with E-state index in [0.717, 1.165) is 12.8 Å². The van der Waals surface area contributed by atoms with Crippen LogP contribution in [-0.2, 0) is 6.42 Å². The van der Waals surface area contributed by atoms with Gasteiger partial charge in [-0.25, -0.2) is 0 Å². The van der Waals surface area contributed by atoms with E-state index in [-0.39, 0.29) is 6.04 Å². The van der Waals surface area contributed by atoms with Crippen molar-refractivity contribution < 1.29 is 0 Å². The summed E-state index contributed by atoms with van der Waals surface area (Å²) in [5.41, 5.74) is 5.51. The molecule has 3 N–H and O–H groups in total. The van der Waals surface area contributed by atoms with Crippen molar-refractivity contribution in [3.8, 4) is 0 Å². The zero-order valence-corrected chi connectivity index (χ0v) is 11.3. The maximum absolute atomic E-state index is 5.76. The Bertz CT molecular complexity index is 470. The molecule has 3 heteroatoms. The highest BCUT2D eigenvalue weighted by atomic mass is 15.2. The van der Waals surface area contributed by atoms with Crippen LogP contribution in [0.4, 0.5) is 0 Å². The van der Waals surface area contributed by atoms with Crippen LogP contribution in [-0.4, -0.2) is 11.0 Å². The van der Waals surface area contributed by atoms with Crippen LogP contribution in [0.2, 0.25) is 0 Å². The first-order valence-electron chi connectivity index (χ1n) is 6.75. The van der Waals surface area contributed by atoms with Gasteiger partial charge in [0, 0.05) is 24.4 Å². The van der Waals surface area contributed by atoms with E-state index in [0.29, 0.717) is 5.92 Å². The zero-order valence-electron chi connectivity index (χ0n) is 11.3. The van der Waals surface area contributed by atoms with Crippen LogP contribution in [0.1, 0.15) is 30.4 Å². The molecule has 1 heterocycles. The largest absolute Gasteiger partial charge is 0.271 e. The van der Waals surface area contributed by atoms with Crippen LogP contribution in [0.3, 0.4) is 0 Å². The fourth-order valence-electron chi connectivity index (χ4n) is 2.54. The minimum Gasteiger partial charge on any atom is -0.271 e. The van der Waals surface area contributed by atoms with Gasteiger partial charge < -0.3 is 0 Å². The Kier molecular flexibility index (Phi) is 5.07. The molecule has 0 bridgehead atoms. The third-order valence-electron chi connectivity index (χ3n) is 3.55. The summed E-state index contributed by atoms with van der Waals surface area (Å²) < 4.78 is 0. The van der Waals surface area contributed by atoms with E-state index >= 15 is 0 Å². The van der Waals surface area contributed by atoms with Crippen molar-refractivity contribution in [2.45, 2.75) is 31.7 Å². The van der Waals surface area contributed by atoms with E-state index in [4.69, 9.17) is 5.84 Å². The van der Waals surface area contributed by atoms with Crippen LogP contribution < -0.4 is 11.3 Å². The van der Waals surface area contributed by atoms with E-state index < -0.39 is 0 Å². The van der Waals surface area contributed by atoms with Crippen LogP contribution >= 0.6 is 0 Å².